The molecule has 1 rings (SSSR count). The van der Waals surface area contributed by atoms with E-state index in [0.717, 1.165) is 25.7 Å². The topological polar surface area (TPSA) is 49.4 Å². The molecular weight excluding hydrogens is 240 g/mol. The Morgan fingerprint density at radius 1 is 1.42 bits per heavy atom. The summed E-state index contributed by atoms with van der Waals surface area (Å²) in [6, 6.07) is -0.750. The third kappa shape index (κ3) is 3.73. The monoisotopic (exact) mass is 264 g/mol. The van der Waals surface area contributed by atoms with Crippen LogP contribution in [0.2, 0.25) is 0 Å². The molecule has 3 atom stereocenters. The van der Waals surface area contributed by atoms with Crippen LogP contribution < -0.4 is 5.32 Å². The van der Waals surface area contributed by atoms with Gasteiger partial charge < -0.3 is 10.2 Å². The normalized spacial score (nSPS) is 24.8. The Morgan fingerprint density at radius 2 is 2.11 bits per heavy atom. The fourth-order valence-corrected chi connectivity index (χ4v) is 2.28. The van der Waals surface area contributed by atoms with E-state index >= 15 is 0 Å². The van der Waals surface area contributed by atoms with Crippen molar-refractivity contribution in [2.45, 2.75) is 58.5 Å². The van der Waals surface area contributed by atoms with Gasteiger partial charge in [0.2, 0.25) is 11.8 Å². The molecule has 0 aromatic rings. The molecule has 0 saturated carbocycles. The summed E-state index contributed by atoms with van der Waals surface area (Å²) < 4.78 is 0. The molecule has 1 saturated heterocycles. The number of amides is 2. The van der Waals surface area contributed by atoms with Crippen LogP contribution in [0.1, 0.15) is 46.5 Å². The lowest BCUT2D eigenvalue weighted by Crippen LogP contribution is -2.64. The Hall–Kier alpha value is -1.50. The largest absolute Gasteiger partial charge is 0.342 e. The summed E-state index contributed by atoms with van der Waals surface area (Å²) in [6.45, 7) is 6.41. The molecule has 1 fully saturated rings. The fraction of sp³-hybridized carbons (Fsp3) is 0.733. The number of carbonyl (C=O) groups is 2. The summed E-state index contributed by atoms with van der Waals surface area (Å²) in [7, 11) is 0. The van der Waals surface area contributed by atoms with Crippen molar-refractivity contribution in [3.63, 3.8) is 0 Å². The van der Waals surface area contributed by atoms with Gasteiger partial charge in [-0.05, 0) is 25.7 Å². The second-order valence-corrected chi connectivity index (χ2v) is 5.24. The van der Waals surface area contributed by atoms with Gasteiger partial charge >= 0.3 is 0 Å². The second kappa shape index (κ2) is 7.18. The van der Waals surface area contributed by atoms with Gasteiger partial charge in [0.1, 0.15) is 12.1 Å². The molecular formula is C15H24N2O2. The smallest absolute Gasteiger partial charge is 0.246 e. The van der Waals surface area contributed by atoms with Crippen molar-refractivity contribution in [1.29, 1.82) is 0 Å². The zero-order valence-electron chi connectivity index (χ0n) is 12.1. The SMILES string of the molecule is C#CCCCCN1C(=O)C(C(C)CC)NC(=O)C1C. The average molecular weight is 264 g/mol. The quantitative estimate of drug-likeness (QED) is 0.584. The summed E-state index contributed by atoms with van der Waals surface area (Å²) >= 11 is 0. The van der Waals surface area contributed by atoms with Crippen molar-refractivity contribution in [1.82, 2.24) is 10.2 Å². The Kier molecular flexibility index (Phi) is 5.88. The third-order valence-electron chi connectivity index (χ3n) is 3.88. The molecule has 4 nitrogen and oxygen atoms in total. The van der Waals surface area contributed by atoms with Crippen LogP contribution in [0.25, 0.3) is 0 Å². The van der Waals surface area contributed by atoms with Crippen LogP contribution in [0.5, 0.6) is 0 Å². The Labute approximate surface area is 115 Å². The number of hydrogen-bond donors (Lipinski definition) is 1. The van der Waals surface area contributed by atoms with Crippen LogP contribution in [0, 0.1) is 18.3 Å². The number of nitrogens with one attached hydrogen (secondary N) is 1. The van der Waals surface area contributed by atoms with E-state index in [2.05, 4.69) is 11.2 Å². The molecule has 1 aliphatic rings. The van der Waals surface area contributed by atoms with Crippen molar-refractivity contribution in [3.05, 3.63) is 0 Å². The summed E-state index contributed by atoms with van der Waals surface area (Å²) in [5, 5.41) is 2.84. The highest BCUT2D eigenvalue weighted by atomic mass is 16.2. The van der Waals surface area contributed by atoms with Crippen LogP contribution in [0.3, 0.4) is 0 Å². The minimum absolute atomic E-state index is 0.0437. The van der Waals surface area contributed by atoms with Crippen molar-refractivity contribution in [3.8, 4) is 12.3 Å². The zero-order chi connectivity index (χ0) is 14.4. The van der Waals surface area contributed by atoms with E-state index in [4.69, 9.17) is 6.42 Å². The Morgan fingerprint density at radius 3 is 2.68 bits per heavy atom. The number of rotatable bonds is 6. The highest BCUT2D eigenvalue weighted by Crippen LogP contribution is 2.18. The number of hydrogen-bond acceptors (Lipinski definition) is 2. The van der Waals surface area contributed by atoms with Crippen molar-refractivity contribution < 1.29 is 9.59 Å². The fourth-order valence-electron chi connectivity index (χ4n) is 2.28. The number of carbonyl (C=O) groups excluding carboxylic acids is 2. The Bertz CT molecular complexity index is 373. The Balaban J connectivity index is 2.68. The minimum Gasteiger partial charge on any atom is -0.342 e. The van der Waals surface area contributed by atoms with Gasteiger partial charge in [-0.2, -0.15) is 0 Å². The van der Waals surface area contributed by atoms with E-state index in [1.807, 2.05) is 13.8 Å². The summed E-state index contributed by atoms with van der Waals surface area (Å²) in [5.74, 6) is 2.74. The average Bonchev–Trinajstić information content (AvgIpc) is 2.41. The molecule has 0 aromatic heterocycles. The van der Waals surface area contributed by atoms with Gasteiger partial charge in [-0.15, -0.1) is 12.3 Å². The van der Waals surface area contributed by atoms with E-state index in [-0.39, 0.29) is 29.8 Å². The highest BCUT2D eigenvalue weighted by molar-refractivity contribution is 5.96. The molecule has 1 N–H and O–H groups in total. The van der Waals surface area contributed by atoms with E-state index in [1.54, 1.807) is 11.8 Å². The van der Waals surface area contributed by atoms with Crippen LogP contribution in [-0.2, 0) is 9.59 Å². The maximum atomic E-state index is 12.4. The molecule has 0 spiro atoms. The lowest BCUT2D eigenvalue weighted by molar-refractivity contribution is -0.150. The van der Waals surface area contributed by atoms with Gasteiger partial charge in [0, 0.05) is 13.0 Å². The molecule has 1 aliphatic heterocycles. The molecule has 106 valence electrons. The number of piperazine rings is 1. The molecule has 2 amide bonds. The molecule has 0 aliphatic carbocycles. The number of nitrogens with zero attached hydrogens (tertiary/aromatic N) is 1. The molecule has 19 heavy (non-hydrogen) atoms. The highest BCUT2D eigenvalue weighted by Gasteiger charge is 2.39. The molecule has 0 aromatic carbocycles. The van der Waals surface area contributed by atoms with Crippen molar-refractivity contribution in [2.75, 3.05) is 6.54 Å². The van der Waals surface area contributed by atoms with Gasteiger partial charge in [0.05, 0.1) is 0 Å². The van der Waals surface area contributed by atoms with Gasteiger partial charge in [-0.3, -0.25) is 9.59 Å². The maximum absolute atomic E-state index is 12.4. The molecule has 0 bridgehead atoms. The first-order valence-corrected chi connectivity index (χ1v) is 7.07. The zero-order valence-corrected chi connectivity index (χ0v) is 12.1. The van der Waals surface area contributed by atoms with Crippen LogP contribution in [0.4, 0.5) is 0 Å². The summed E-state index contributed by atoms with van der Waals surface area (Å²) in [5.41, 5.74) is 0. The van der Waals surface area contributed by atoms with E-state index in [1.165, 1.54) is 0 Å². The van der Waals surface area contributed by atoms with E-state index < -0.39 is 0 Å². The predicted molar refractivity (Wildman–Crippen MR) is 75.2 cm³/mol. The molecule has 4 heteroatoms. The third-order valence-corrected chi connectivity index (χ3v) is 3.88. The summed E-state index contributed by atoms with van der Waals surface area (Å²) in [4.78, 5) is 26.0. The van der Waals surface area contributed by atoms with Gasteiger partial charge in [0.15, 0.2) is 0 Å². The molecule has 0 radical (unpaired) electrons. The van der Waals surface area contributed by atoms with Gasteiger partial charge in [-0.25, -0.2) is 0 Å². The summed E-state index contributed by atoms with van der Waals surface area (Å²) in [6.07, 6.45) is 8.54. The van der Waals surface area contributed by atoms with Crippen LogP contribution in [0.15, 0.2) is 0 Å². The molecule has 3 unspecified atom stereocenters. The van der Waals surface area contributed by atoms with Crippen LogP contribution >= 0.6 is 0 Å². The van der Waals surface area contributed by atoms with Crippen molar-refractivity contribution >= 4 is 11.8 Å². The number of unbranched alkanes of at least 4 members (excludes halogenated alkanes) is 2. The van der Waals surface area contributed by atoms with Crippen molar-refractivity contribution in [2.24, 2.45) is 5.92 Å². The lowest BCUT2D eigenvalue weighted by Gasteiger charge is -2.39. The van der Waals surface area contributed by atoms with Gasteiger partial charge in [-0.1, -0.05) is 20.3 Å². The van der Waals surface area contributed by atoms with E-state index in [9.17, 15) is 9.59 Å². The second-order valence-electron chi connectivity index (χ2n) is 5.24. The van der Waals surface area contributed by atoms with Gasteiger partial charge in [0.25, 0.3) is 0 Å². The number of terminal acetylenes is 1. The van der Waals surface area contributed by atoms with E-state index in [0.29, 0.717) is 6.54 Å². The first kappa shape index (κ1) is 15.6. The maximum Gasteiger partial charge on any atom is 0.246 e. The minimum atomic E-state index is -0.376. The lowest BCUT2D eigenvalue weighted by atomic mass is 9.94. The van der Waals surface area contributed by atoms with Crippen LogP contribution in [-0.4, -0.2) is 35.3 Å². The predicted octanol–water partition coefficient (Wildman–Crippen LogP) is 1.55. The standard InChI is InChI=1S/C15H24N2O2/c1-5-7-8-9-10-17-12(4)14(18)16-13(15(17)19)11(3)6-2/h1,11-13H,6-10H2,2-4H3,(H,16,18). The first-order valence-electron chi connectivity index (χ1n) is 7.07. The first-order chi connectivity index (χ1) is 9.02. The molecule has 1 heterocycles.